The van der Waals surface area contributed by atoms with Crippen LogP contribution in [0.5, 0.6) is 0 Å². The zero-order chi connectivity index (χ0) is 36.9. The molecular weight excluding hydrogens is 662 g/mol. The third-order valence-corrected chi connectivity index (χ3v) is 9.48. The zero-order valence-corrected chi connectivity index (χ0v) is 29.4. The van der Waals surface area contributed by atoms with Crippen molar-refractivity contribution in [1.29, 1.82) is 0 Å². The predicted octanol–water partition coefficient (Wildman–Crippen LogP) is 7.19. The van der Waals surface area contributed by atoms with Crippen LogP contribution in [0.1, 0.15) is 67.7 Å². The van der Waals surface area contributed by atoms with Gasteiger partial charge in [-0.05, 0) is 78.1 Å². The number of hydrogen-bond acceptors (Lipinski definition) is 7. The van der Waals surface area contributed by atoms with Crippen molar-refractivity contribution in [3.63, 3.8) is 0 Å². The smallest absolute Gasteiger partial charge is 0.408 e. The summed E-state index contributed by atoms with van der Waals surface area (Å²) < 4.78 is 16.6. The van der Waals surface area contributed by atoms with E-state index in [9.17, 15) is 24.3 Å². The normalized spacial score (nSPS) is 13.2. The molecule has 4 N–H and O–H groups in total. The van der Waals surface area contributed by atoms with E-state index in [0.29, 0.717) is 0 Å². The number of carbonyl (C=O) groups excluding carboxylic acids is 3. The molecule has 2 aliphatic rings. The largest absolute Gasteiger partial charge is 0.480 e. The van der Waals surface area contributed by atoms with Crippen LogP contribution in [-0.4, -0.2) is 66.8 Å². The van der Waals surface area contributed by atoms with Crippen LogP contribution in [0.4, 0.5) is 14.4 Å². The second-order valence-corrected chi connectivity index (χ2v) is 14.0. The van der Waals surface area contributed by atoms with Crippen LogP contribution in [0.3, 0.4) is 0 Å². The predicted molar refractivity (Wildman–Crippen MR) is 195 cm³/mol. The first-order valence-electron chi connectivity index (χ1n) is 17.4. The van der Waals surface area contributed by atoms with Crippen molar-refractivity contribution in [1.82, 2.24) is 16.0 Å². The minimum absolute atomic E-state index is 0.0875. The van der Waals surface area contributed by atoms with Crippen LogP contribution in [-0.2, 0) is 19.0 Å². The van der Waals surface area contributed by atoms with Gasteiger partial charge in [-0.25, -0.2) is 19.2 Å². The average Bonchev–Trinajstić information content (AvgIpc) is 3.61. The van der Waals surface area contributed by atoms with Gasteiger partial charge in [-0.15, -0.1) is 0 Å². The van der Waals surface area contributed by atoms with Crippen molar-refractivity contribution < 1.29 is 38.5 Å². The Balaban J connectivity index is 1.05. The quantitative estimate of drug-likeness (QED) is 0.113. The summed E-state index contributed by atoms with van der Waals surface area (Å²) >= 11 is 0. The lowest BCUT2D eigenvalue weighted by Gasteiger charge is -2.32. The van der Waals surface area contributed by atoms with Crippen LogP contribution in [0.25, 0.3) is 22.3 Å². The van der Waals surface area contributed by atoms with E-state index < -0.39 is 35.4 Å². The SMILES string of the molecule is CC(C)(C)OC(=O)NC(CCNC(=O)OCC1c2ccccc2-c2ccccc21)(CCNC(=O)OCC1c2ccccc2-c2ccccc21)C(=O)O. The van der Waals surface area contributed by atoms with E-state index >= 15 is 0 Å². The number of benzene rings is 4. The zero-order valence-electron chi connectivity index (χ0n) is 29.4. The van der Waals surface area contributed by atoms with E-state index in [-0.39, 0.29) is 51.0 Å². The molecule has 0 radical (unpaired) electrons. The minimum Gasteiger partial charge on any atom is -0.480 e. The van der Waals surface area contributed by atoms with E-state index in [0.717, 1.165) is 44.5 Å². The molecule has 4 aromatic rings. The van der Waals surface area contributed by atoms with E-state index in [2.05, 4.69) is 16.0 Å². The van der Waals surface area contributed by atoms with Crippen LogP contribution >= 0.6 is 0 Å². The summed E-state index contributed by atoms with van der Waals surface area (Å²) in [6.45, 7) is 4.85. The summed E-state index contributed by atoms with van der Waals surface area (Å²) in [6.07, 6.45) is -2.85. The van der Waals surface area contributed by atoms with Crippen molar-refractivity contribution in [2.45, 2.75) is 56.6 Å². The Bertz CT molecular complexity index is 1760. The summed E-state index contributed by atoms with van der Waals surface area (Å²) in [6, 6.07) is 31.9. The molecule has 0 spiro atoms. The molecule has 270 valence electrons. The van der Waals surface area contributed by atoms with Crippen LogP contribution < -0.4 is 16.0 Å². The van der Waals surface area contributed by atoms with Crippen LogP contribution in [0.15, 0.2) is 97.1 Å². The maximum absolute atomic E-state index is 12.9. The van der Waals surface area contributed by atoms with Gasteiger partial charge in [-0.1, -0.05) is 97.1 Å². The summed E-state index contributed by atoms with van der Waals surface area (Å²) in [5.41, 5.74) is 5.83. The molecule has 0 unspecified atom stereocenters. The Kier molecular flexibility index (Phi) is 10.5. The number of amides is 3. The first-order chi connectivity index (χ1) is 25.0. The van der Waals surface area contributed by atoms with Gasteiger partial charge in [0.2, 0.25) is 0 Å². The molecule has 0 bridgehead atoms. The van der Waals surface area contributed by atoms with Gasteiger partial charge in [0.15, 0.2) is 0 Å². The number of aliphatic carboxylic acids is 1. The molecule has 0 saturated carbocycles. The first kappa shape index (κ1) is 36.0. The lowest BCUT2D eigenvalue weighted by molar-refractivity contribution is -0.145. The molecule has 0 aromatic heterocycles. The van der Waals surface area contributed by atoms with E-state index in [1.165, 1.54) is 0 Å². The van der Waals surface area contributed by atoms with Crippen LogP contribution in [0.2, 0.25) is 0 Å². The Morgan fingerprint density at radius 1 is 0.577 bits per heavy atom. The van der Waals surface area contributed by atoms with Gasteiger partial charge < -0.3 is 35.3 Å². The lowest BCUT2D eigenvalue weighted by Crippen LogP contribution is -2.58. The highest BCUT2D eigenvalue weighted by Gasteiger charge is 2.41. The summed E-state index contributed by atoms with van der Waals surface area (Å²) in [5, 5.41) is 18.1. The van der Waals surface area contributed by atoms with Gasteiger partial charge in [0.1, 0.15) is 24.4 Å². The maximum atomic E-state index is 12.9. The monoisotopic (exact) mass is 705 g/mol. The number of fused-ring (bicyclic) bond motifs is 6. The molecule has 11 nitrogen and oxygen atoms in total. The van der Waals surface area contributed by atoms with Crippen molar-refractivity contribution in [3.05, 3.63) is 119 Å². The lowest BCUT2D eigenvalue weighted by atomic mass is 9.91. The standard InChI is InChI=1S/C41H43N3O8/c1-40(2,3)52-39(49)44-41(36(45)46,20-22-42-37(47)50-24-34-30-16-8-4-12-26(30)27-13-5-9-17-31(27)34)21-23-43-38(48)51-25-35-32-18-10-6-14-28(32)29-15-7-11-19-33(29)35/h4-19,34-35H,20-25H2,1-3H3,(H,42,47)(H,43,48)(H,44,49)(H,45,46). The van der Waals surface area contributed by atoms with Gasteiger partial charge in [-0.3, -0.25) is 0 Å². The van der Waals surface area contributed by atoms with Crippen LogP contribution in [0, 0.1) is 0 Å². The molecule has 0 atom stereocenters. The average molecular weight is 706 g/mol. The Hall–Kier alpha value is -5.84. The maximum Gasteiger partial charge on any atom is 0.408 e. The molecule has 6 rings (SSSR count). The van der Waals surface area contributed by atoms with Gasteiger partial charge in [0, 0.05) is 24.9 Å². The molecular formula is C41H43N3O8. The number of nitrogens with one attached hydrogen (secondary N) is 3. The van der Waals surface area contributed by atoms with E-state index in [1.807, 2.05) is 97.1 Å². The molecule has 3 amide bonds. The molecule has 0 aliphatic heterocycles. The number of carboxylic acids is 1. The fraction of sp³-hybridized carbons (Fsp3) is 0.317. The van der Waals surface area contributed by atoms with E-state index in [1.54, 1.807) is 20.8 Å². The number of rotatable bonds is 12. The number of hydrogen-bond donors (Lipinski definition) is 4. The number of alkyl carbamates (subject to hydrolysis) is 3. The fourth-order valence-corrected chi connectivity index (χ4v) is 7.07. The van der Waals surface area contributed by atoms with Gasteiger partial charge in [0.25, 0.3) is 0 Å². The Morgan fingerprint density at radius 3 is 1.25 bits per heavy atom. The van der Waals surface area contributed by atoms with Gasteiger partial charge in [-0.2, -0.15) is 0 Å². The molecule has 0 fully saturated rings. The van der Waals surface area contributed by atoms with Crippen molar-refractivity contribution in [2.24, 2.45) is 0 Å². The third-order valence-electron chi connectivity index (χ3n) is 9.48. The number of carbonyl (C=O) groups is 4. The van der Waals surface area contributed by atoms with Crippen molar-refractivity contribution in [2.75, 3.05) is 26.3 Å². The minimum atomic E-state index is -1.91. The third kappa shape index (κ3) is 7.88. The van der Waals surface area contributed by atoms with Gasteiger partial charge >= 0.3 is 24.2 Å². The molecule has 11 heteroatoms. The Morgan fingerprint density at radius 2 is 0.923 bits per heavy atom. The molecule has 4 aromatic carbocycles. The molecule has 0 saturated heterocycles. The van der Waals surface area contributed by atoms with Gasteiger partial charge in [0.05, 0.1) is 0 Å². The second-order valence-electron chi connectivity index (χ2n) is 14.0. The fourth-order valence-electron chi connectivity index (χ4n) is 7.07. The molecule has 0 heterocycles. The van der Waals surface area contributed by atoms with E-state index in [4.69, 9.17) is 14.2 Å². The second kappa shape index (κ2) is 15.2. The van der Waals surface area contributed by atoms with Crippen molar-refractivity contribution >= 4 is 24.2 Å². The number of carboxylic acid groups (broad SMARTS) is 1. The highest BCUT2D eigenvalue weighted by Crippen LogP contribution is 2.45. The molecule has 2 aliphatic carbocycles. The number of ether oxygens (including phenoxy) is 3. The summed E-state index contributed by atoms with van der Waals surface area (Å²) in [4.78, 5) is 51.4. The summed E-state index contributed by atoms with van der Waals surface area (Å²) in [7, 11) is 0. The molecule has 52 heavy (non-hydrogen) atoms. The first-order valence-corrected chi connectivity index (χ1v) is 17.4. The highest BCUT2D eigenvalue weighted by molar-refractivity contribution is 5.85. The summed E-state index contributed by atoms with van der Waals surface area (Å²) in [5.74, 6) is -1.65. The Labute approximate surface area is 302 Å². The highest BCUT2D eigenvalue weighted by atomic mass is 16.6. The van der Waals surface area contributed by atoms with Crippen molar-refractivity contribution in [3.8, 4) is 22.3 Å². The topological polar surface area (TPSA) is 152 Å².